The van der Waals surface area contributed by atoms with Gasteiger partial charge in [-0.2, -0.15) is 0 Å². The summed E-state index contributed by atoms with van der Waals surface area (Å²) < 4.78 is 19.1. The van der Waals surface area contributed by atoms with Gasteiger partial charge in [-0.1, -0.05) is 11.6 Å². The van der Waals surface area contributed by atoms with Crippen LogP contribution in [-0.4, -0.2) is 25.0 Å². The Balaban J connectivity index is 2.20. The van der Waals surface area contributed by atoms with Crippen LogP contribution in [0.3, 0.4) is 0 Å². The molecule has 0 spiro atoms. The van der Waals surface area contributed by atoms with Crippen molar-refractivity contribution in [1.82, 2.24) is 4.90 Å². The maximum absolute atomic E-state index is 13.3. The van der Waals surface area contributed by atoms with E-state index in [1.807, 2.05) is 6.07 Å². The molecule has 0 saturated carbocycles. The lowest BCUT2D eigenvalue weighted by atomic mass is 10.1. The molecule has 0 radical (unpaired) electrons. The maximum Gasteiger partial charge on any atom is 0.257 e. The van der Waals surface area contributed by atoms with Crippen molar-refractivity contribution in [1.29, 1.82) is 0 Å². The van der Waals surface area contributed by atoms with Gasteiger partial charge in [0.15, 0.2) is 0 Å². The molecule has 20 heavy (non-hydrogen) atoms. The summed E-state index contributed by atoms with van der Waals surface area (Å²) in [5, 5.41) is 0. The lowest BCUT2D eigenvalue weighted by Crippen LogP contribution is -2.26. The van der Waals surface area contributed by atoms with Crippen LogP contribution < -0.4 is 4.74 Å². The summed E-state index contributed by atoms with van der Waals surface area (Å²) in [5.74, 6) is -0.417. The fourth-order valence-corrected chi connectivity index (χ4v) is 2.94. The Labute approximate surface area is 125 Å². The van der Waals surface area contributed by atoms with E-state index in [9.17, 15) is 9.18 Å². The monoisotopic (exact) mass is 313 g/mol. The summed E-state index contributed by atoms with van der Waals surface area (Å²) in [4.78, 5) is 14.8. The fraction of sp³-hybridized carbons (Fsp3) is 0.214. The summed E-state index contributed by atoms with van der Waals surface area (Å²) in [5.41, 5.74) is 0.206. The van der Waals surface area contributed by atoms with Crippen LogP contribution in [0.5, 0.6) is 5.75 Å². The third-order valence-corrected chi connectivity index (χ3v) is 3.98. The molecule has 0 fully saturated rings. The Morgan fingerprint density at radius 3 is 2.75 bits per heavy atom. The van der Waals surface area contributed by atoms with Gasteiger partial charge in [0.2, 0.25) is 0 Å². The lowest BCUT2D eigenvalue weighted by molar-refractivity contribution is 0.0782. The molecular weight excluding hydrogens is 301 g/mol. The topological polar surface area (TPSA) is 29.5 Å². The number of rotatable bonds is 4. The van der Waals surface area contributed by atoms with E-state index in [2.05, 4.69) is 0 Å². The van der Waals surface area contributed by atoms with E-state index in [1.54, 1.807) is 13.1 Å². The number of ether oxygens (including phenoxy) is 1. The maximum atomic E-state index is 13.3. The van der Waals surface area contributed by atoms with E-state index in [-0.39, 0.29) is 11.5 Å². The molecule has 0 N–H and O–H groups in total. The molecular formula is C14H13ClFNO2S. The minimum absolute atomic E-state index is 0.206. The summed E-state index contributed by atoms with van der Waals surface area (Å²) in [6, 6.07) is 7.52. The minimum atomic E-state index is -0.471. The van der Waals surface area contributed by atoms with Crippen molar-refractivity contribution in [3.8, 4) is 5.75 Å². The first-order valence-corrected chi connectivity index (χ1v) is 7.04. The van der Waals surface area contributed by atoms with E-state index in [0.29, 0.717) is 16.6 Å². The Bertz CT molecular complexity index is 629. The molecule has 0 atom stereocenters. The fourth-order valence-electron chi connectivity index (χ4n) is 1.80. The second-order valence-electron chi connectivity index (χ2n) is 4.21. The molecule has 0 aliphatic carbocycles. The number of carbonyl (C=O) groups excluding carboxylic acids is 1. The summed E-state index contributed by atoms with van der Waals surface area (Å²) in [6.45, 7) is 0.413. The van der Waals surface area contributed by atoms with Crippen molar-refractivity contribution in [2.24, 2.45) is 0 Å². The Kier molecular flexibility index (Phi) is 4.62. The third kappa shape index (κ3) is 3.29. The molecule has 3 nitrogen and oxygen atoms in total. The predicted molar refractivity (Wildman–Crippen MR) is 78.1 cm³/mol. The van der Waals surface area contributed by atoms with Crippen LogP contribution in [-0.2, 0) is 6.54 Å². The molecule has 1 aromatic heterocycles. The number of thiophene rings is 1. The van der Waals surface area contributed by atoms with Crippen molar-refractivity contribution >= 4 is 28.8 Å². The van der Waals surface area contributed by atoms with Gasteiger partial charge in [0, 0.05) is 11.9 Å². The van der Waals surface area contributed by atoms with E-state index in [0.717, 1.165) is 4.88 Å². The van der Waals surface area contributed by atoms with Gasteiger partial charge in [-0.05, 0) is 30.3 Å². The van der Waals surface area contributed by atoms with Crippen LogP contribution in [0, 0.1) is 5.82 Å². The zero-order valence-electron chi connectivity index (χ0n) is 11.0. The van der Waals surface area contributed by atoms with Gasteiger partial charge < -0.3 is 9.64 Å². The largest absolute Gasteiger partial charge is 0.496 e. The Morgan fingerprint density at radius 1 is 1.40 bits per heavy atom. The summed E-state index contributed by atoms with van der Waals surface area (Å²) in [7, 11) is 3.10. The minimum Gasteiger partial charge on any atom is -0.496 e. The van der Waals surface area contributed by atoms with E-state index >= 15 is 0 Å². The molecule has 2 rings (SSSR count). The molecule has 0 unspecified atom stereocenters. The van der Waals surface area contributed by atoms with E-state index < -0.39 is 5.82 Å². The molecule has 1 aromatic carbocycles. The molecule has 0 bridgehead atoms. The van der Waals surface area contributed by atoms with Crippen molar-refractivity contribution in [2.75, 3.05) is 14.2 Å². The van der Waals surface area contributed by atoms with Gasteiger partial charge in [0.1, 0.15) is 11.6 Å². The van der Waals surface area contributed by atoms with Crippen molar-refractivity contribution in [3.05, 3.63) is 50.9 Å². The second-order valence-corrected chi connectivity index (χ2v) is 6.01. The molecule has 1 amide bonds. The van der Waals surface area contributed by atoms with Gasteiger partial charge in [0.25, 0.3) is 5.91 Å². The second kappa shape index (κ2) is 6.24. The highest BCUT2D eigenvalue weighted by atomic mass is 35.5. The highest BCUT2D eigenvalue weighted by molar-refractivity contribution is 7.16. The molecule has 0 aliphatic rings. The average Bonchev–Trinajstić information content (AvgIpc) is 2.83. The highest BCUT2D eigenvalue weighted by Crippen LogP contribution is 2.25. The summed E-state index contributed by atoms with van der Waals surface area (Å²) >= 11 is 7.26. The Hall–Kier alpha value is -1.59. The predicted octanol–water partition coefficient (Wildman–Crippen LogP) is 3.82. The van der Waals surface area contributed by atoms with Gasteiger partial charge in [-0.3, -0.25) is 4.79 Å². The molecule has 2 aromatic rings. The third-order valence-electron chi connectivity index (χ3n) is 2.76. The summed E-state index contributed by atoms with van der Waals surface area (Å²) in [6.07, 6.45) is 0. The standard InChI is InChI=1S/C14H13ClFNO2S/c1-17(8-10-4-6-13(15)20-10)14(18)11-7-9(16)3-5-12(11)19-2/h3-7H,8H2,1-2H3. The number of hydrogen-bond acceptors (Lipinski definition) is 3. The molecule has 6 heteroatoms. The quantitative estimate of drug-likeness (QED) is 0.858. The van der Waals surface area contributed by atoms with Crippen molar-refractivity contribution in [2.45, 2.75) is 6.54 Å². The van der Waals surface area contributed by atoms with Crippen LogP contribution in [0.1, 0.15) is 15.2 Å². The van der Waals surface area contributed by atoms with Gasteiger partial charge in [-0.15, -0.1) is 11.3 Å². The van der Waals surface area contributed by atoms with Gasteiger partial charge in [0.05, 0.1) is 23.6 Å². The molecule has 0 aliphatic heterocycles. The average molecular weight is 314 g/mol. The van der Waals surface area contributed by atoms with Crippen LogP contribution >= 0.6 is 22.9 Å². The van der Waals surface area contributed by atoms with Crippen LogP contribution in [0.2, 0.25) is 4.34 Å². The van der Waals surface area contributed by atoms with Crippen LogP contribution in [0.15, 0.2) is 30.3 Å². The van der Waals surface area contributed by atoms with Crippen molar-refractivity contribution < 1.29 is 13.9 Å². The van der Waals surface area contributed by atoms with Gasteiger partial charge >= 0.3 is 0 Å². The molecule has 1 heterocycles. The number of carbonyl (C=O) groups is 1. The molecule has 106 valence electrons. The first-order valence-electron chi connectivity index (χ1n) is 5.84. The number of methoxy groups -OCH3 is 1. The number of amides is 1. The number of hydrogen-bond donors (Lipinski definition) is 0. The Morgan fingerprint density at radius 2 is 2.15 bits per heavy atom. The number of halogens is 2. The number of nitrogens with zero attached hydrogens (tertiary/aromatic N) is 1. The van der Waals surface area contributed by atoms with Gasteiger partial charge in [-0.25, -0.2) is 4.39 Å². The lowest BCUT2D eigenvalue weighted by Gasteiger charge is -2.18. The zero-order chi connectivity index (χ0) is 14.7. The van der Waals surface area contributed by atoms with Crippen LogP contribution in [0.25, 0.3) is 0 Å². The number of benzene rings is 1. The molecule has 0 saturated heterocycles. The first kappa shape index (κ1) is 14.8. The van der Waals surface area contributed by atoms with Crippen LogP contribution in [0.4, 0.5) is 4.39 Å². The van der Waals surface area contributed by atoms with Crippen molar-refractivity contribution in [3.63, 3.8) is 0 Å². The van der Waals surface area contributed by atoms with E-state index in [4.69, 9.17) is 16.3 Å². The highest BCUT2D eigenvalue weighted by Gasteiger charge is 2.18. The van der Waals surface area contributed by atoms with E-state index in [1.165, 1.54) is 41.5 Å². The SMILES string of the molecule is COc1ccc(F)cc1C(=O)N(C)Cc1ccc(Cl)s1. The smallest absolute Gasteiger partial charge is 0.257 e. The zero-order valence-corrected chi connectivity index (χ0v) is 12.6. The normalized spacial score (nSPS) is 10.4. The first-order chi connectivity index (χ1) is 9.51.